The minimum Gasteiger partial charge on any atom is -0.494 e. The molecular formula is C33H34F2N4O4. The number of nitrogens with one attached hydrogen (secondary N) is 1. The van der Waals surface area contributed by atoms with Crippen LogP contribution >= 0.6 is 0 Å². The zero-order valence-corrected chi connectivity index (χ0v) is 24.3. The Hall–Kier alpha value is -4.02. The first-order valence-corrected chi connectivity index (χ1v) is 14.6. The first kappa shape index (κ1) is 29.1. The number of carbonyl (C=O) groups excluding carboxylic acids is 1. The summed E-state index contributed by atoms with van der Waals surface area (Å²) in [5.41, 5.74) is -1.17. The van der Waals surface area contributed by atoms with E-state index in [-0.39, 0.29) is 35.8 Å². The Morgan fingerprint density at radius 3 is 2.40 bits per heavy atom. The van der Waals surface area contributed by atoms with Crippen LogP contribution in [-0.4, -0.2) is 45.0 Å². The summed E-state index contributed by atoms with van der Waals surface area (Å²) < 4.78 is 35.0. The van der Waals surface area contributed by atoms with Crippen LogP contribution in [0.4, 0.5) is 8.78 Å². The van der Waals surface area contributed by atoms with E-state index < -0.39 is 28.7 Å². The molecule has 2 aromatic carbocycles. The molecule has 224 valence electrons. The van der Waals surface area contributed by atoms with Gasteiger partial charge < -0.3 is 20.3 Å². The van der Waals surface area contributed by atoms with E-state index in [0.29, 0.717) is 41.2 Å². The van der Waals surface area contributed by atoms with Crippen molar-refractivity contribution in [3.63, 3.8) is 0 Å². The first-order valence-electron chi connectivity index (χ1n) is 14.6. The molecule has 2 aromatic heterocycles. The van der Waals surface area contributed by atoms with Crippen molar-refractivity contribution in [3.8, 4) is 17.0 Å². The minimum atomic E-state index is -1.65. The Balaban J connectivity index is 1.36. The third-order valence-corrected chi connectivity index (χ3v) is 8.71. The summed E-state index contributed by atoms with van der Waals surface area (Å²) >= 11 is 0. The number of fused-ring (bicyclic) bond motifs is 1. The van der Waals surface area contributed by atoms with E-state index >= 15 is 4.39 Å². The highest BCUT2D eigenvalue weighted by atomic mass is 19.1. The fraction of sp³-hybridized carbons (Fsp3) is 0.394. The van der Waals surface area contributed by atoms with Gasteiger partial charge in [-0.2, -0.15) is 5.10 Å². The van der Waals surface area contributed by atoms with E-state index in [2.05, 4.69) is 20.5 Å². The number of rotatable bonds is 10. The lowest BCUT2D eigenvalue weighted by molar-refractivity contribution is 0.00812. The van der Waals surface area contributed by atoms with Crippen molar-refractivity contribution in [1.29, 1.82) is 0 Å². The van der Waals surface area contributed by atoms with Gasteiger partial charge in [0, 0.05) is 28.0 Å². The van der Waals surface area contributed by atoms with Gasteiger partial charge >= 0.3 is 0 Å². The molecule has 0 aliphatic heterocycles. The molecule has 8 nitrogen and oxygen atoms in total. The van der Waals surface area contributed by atoms with Crippen molar-refractivity contribution < 1.29 is 28.5 Å². The van der Waals surface area contributed by atoms with E-state index in [9.17, 15) is 19.4 Å². The highest BCUT2D eigenvalue weighted by molar-refractivity contribution is 6.00. The summed E-state index contributed by atoms with van der Waals surface area (Å²) in [5.74, 6) is -1.12. The van der Waals surface area contributed by atoms with E-state index in [1.165, 1.54) is 44.4 Å². The van der Waals surface area contributed by atoms with Crippen molar-refractivity contribution in [2.75, 3.05) is 13.7 Å². The third-order valence-electron chi connectivity index (χ3n) is 8.71. The molecule has 0 spiro atoms. The number of amides is 1. The van der Waals surface area contributed by atoms with E-state index in [4.69, 9.17) is 4.74 Å². The number of halogens is 2. The van der Waals surface area contributed by atoms with E-state index in [1.54, 1.807) is 19.1 Å². The standard InChI is InChI=1S/C33H34F2N4O4/c1-4-32(2,41)24-16-27(37-30(28(24)35)19-7-11-23(34)12-8-19)33(42,22-9-10-22)17-36-31(40)21-13-20-14-25(18-5-6-18)38-39-29(20)26(15-21)43-3/h7-8,11-16,18,22,41-42H,4-6,9-10,17H2,1-3H3,(H,36,40). The second-order valence-electron chi connectivity index (χ2n) is 11.9. The molecule has 2 aliphatic carbocycles. The highest BCUT2D eigenvalue weighted by Gasteiger charge is 2.47. The van der Waals surface area contributed by atoms with Crippen molar-refractivity contribution in [2.24, 2.45) is 5.92 Å². The number of hydrogen-bond acceptors (Lipinski definition) is 7. The number of carbonyl (C=O) groups is 1. The van der Waals surface area contributed by atoms with Gasteiger partial charge in [0.2, 0.25) is 0 Å². The predicted octanol–water partition coefficient (Wildman–Crippen LogP) is 5.50. The van der Waals surface area contributed by atoms with Crippen LogP contribution in [0, 0.1) is 17.6 Å². The second-order valence-corrected chi connectivity index (χ2v) is 11.9. The maximum atomic E-state index is 15.9. The smallest absolute Gasteiger partial charge is 0.251 e. The Morgan fingerprint density at radius 1 is 1.05 bits per heavy atom. The molecule has 43 heavy (non-hydrogen) atoms. The van der Waals surface area contributed by atoms with Gasteiger partial charge in [0.1, 0.15) is 28.4 Å². The van der Waals surface area contributed by atoms with E-state index in [1.807, 2.05) is 6.07 Å². The zero-order chi connectivity index (χ0) is 30.5. The topological polar surface area (TPSA) is 117 Å². The van der Waals surface area contributed by atoms with Crippen molar-refractivity contribution in [3.05, 3.63) is 82.7 Å². The van der Waals surface area contributed by atoms with Gasteiger partial charge in [0.15, 0.2) is 5.82 Å². The van der Waals surface area contributed by atoms with Crippen LogP contribution in [0.2, 0.25) is 0 Å². The minimum absolute atomic E-state index is 0.0310. The summed E-state index contributed by atoms with van der Waals surface area (Å²) in [7, 11) is 1.50. The summed E-state index contributed by atoms with van der Waals surface area (Å²) in [6, 6.07) is 11.8. The normalized spacial score (nSPS) is 17.7. The van der Waals surface area contributed by atoms with E-state index in [0.717, 1.165) is 23.9 Å². The molecule has 3 N–H and O–H groups in total. The fourth-order valence-corrected chi connectivity index (χ4v) is 5.46. The van der Waals surface area contributed by atoms with Crippen LogP contribution < -0.4 is 10.1 Å². The van der Waals surface area contributed by atoms with Gasteiger partial charge in [-0.1, -0.05) is 6.92 Å². The van der Waals surface area contributed by atoms with Crippen molar-refractivity contribution in [2.45, 2.75) is 63.1 Å². The van der Waals surface area contributed by atoms with Gasteiger partial charge in [0.05, 0.1) is 30.6 Å². The van der Waals surface area contributed by atoms with Crippen LogP contribution in [0.3, 0.4) is 0 Å². The highest BCUT2D eigenvalue weighted by Crippen LogP contribution is 2.47. The number of aliphatic hydroxyl groups is 2. The maximum absolute atomic E-state index is 15.9. The van der Waals surface area contributed by atoms with Crippen LogP contribution in [0.25, 0.3) is 22.2 Å². The number of nitrogens with zero attached hydrogens (tertiary/aromatic N) is 3. The van der Waals surface area contributed by atoms with Crippen LogP contribution in [0.1, 0.15) is 79.2 Å². The Morgan fingerprint density at radius 2 is 1.77 bits per heavy atom. The molecule has 0 bridgehead atoms. The van der Waals surface area contributed by atoms with Crippen molar-refractivity contribution >= 4 is 16.8 Å². The Kier molecular flexibility index (Phi) is 7.38. The molecule has 4 aromatic rings. The largest absolute Gasteiger partial charge is 0.494 e. The molecule has 2 heterocycles. The molecular weight excluding hydrogens is 554 g/mol. The molecule has 2 saturated carbocycles. The number of hydrogen-bond donors (Lipinski definition) is 3. The Bertz CT molecular complexity index is 1700. The summed E-state index contributed by atoms with van der Waals surface area (Å²) in [4.78, 5) is 18.0. The van der Waals surface area contributed by atoms with Gasteiger partial charge in [-0.05, 0) is 93.5 Å². The zero-order valence-electron chi connectivity index (χ0n) is 24.3. The molecule has 10 heteroatoms. The summed E-state index contributed by atoms with van der Waals surface area (Å²) in [6.45, 7) is 3.02. The van der Waals surface area contributed by atoms with Crippen LogP contribution in [0.5, 0.6) is 5.75 Å². The summed E-state index contributed by atoms with van der Waals surface area (Å²) in [6.07, 6.45) is 3.69. The number of ether oxygens (including phenoxy) is 1. The lowest BCUT2D eigenvalue weighted by atomic mass is 9.86. The average molecular weight is 589 g/mol. The number of benzene rings is 2. The molecule has 6 rings (SSSR count). The monoisotopic (exact) mass is 588 g/mol. The lowest BCUT2D eigenvalue weighted by Gasteiger charge is -2.31. The molecule has 2 atom stereocenters. The molecule has 2 unspecified atom stereocenters. The average Bonchev–Trinajstić information content (AvgIpc) is 3.93. The number of aromatic nitrogens is 3. The van der Waals surface area contributed by atoms with Gasteiger partial charge in [-0.15, -0.1) is 5.10 Å². The molecule has 2 aliphatic rings. The van der Waals surface area contributed by atoms with Gasteiger partial charge in [-0.3, -0.25) is 4.79 Å². The first-order chi connectivity index (χ1) is 20.5. The number of pyridine rings is 1. The summed E-state index contributed by atoms with van der Waals surface area (Å²) in [5, 5.41) is 35.4. The maximum Gasteiger partial charge on any atom is 0.251 e. The molecule has 0 saturated heterocycles. The van der Waals surface area contributed by atoms with Crippen molar-refractivity contribution in [1.82, 2.24) is 20.5 Å². The fourth-order valence-electron chi connectivity index (χ4n) is 5.46. The molecule has 1 amide bonds. The quantitative estimate of drug-likeness (QED) is 0.224. The third kappa shape index (κ3) is 5.57. The molecule has 0 radical (unpaired) electrons. The lowest BCUT2D eigenvalue weighted by Crippen LogP contribution is -2.43. The van der Waals surface area contributed by atoms with Gasteiger partial charge in [0.25, 0.3) is 5.91 Å². The predicted molar refractivity (Wildman–Crippen MR) is 156 cm³/mol. The van der Waals surface area contributed by atoms with Gasteiger partial charge in [-0.25, -0.2) is 13.8 Å². The second kappa shape index (κ2) is 10.9. The van der Waals surface area contributed by atoms with Crippen LogP contribution in [0.15, 0.2) is 48.5 Å². The molecule has 2 fully saturated rings. The SMILES string of the molecule is CCC(C)(O)c1cc(C(O)(CNC(=O)c2cc(OC)c3nnc(C4CC4)cc3c2)C2CC2)nc(-c2ccc(F)cc2)c1F. The van der Waals surface area contributed by atoms with Crippen LogP contribution in [-0.2, 0) is 11.2 Å². The number of methoxy groups -OCH3 is 1. The Labute approximate surface area is 248 Å².